The third-order valence-electron chi connectivity index (χ3n) is 6.11. The molecular formula is C24H21N7O2. The summed E-state index contributed by atoms with van der Waals surface area (Å²) in [5, 5.41) is 15.2. The molecule has 6 rings (SSSR count). The van der Waals surface area contributed by atoms with Crippen molar-refractivity contribution >= 4 is 28.3 Å². The lowest BCUT2D eigenvalue weighted by Gasteiger charge is -2.39. The molecule has 164 valence electrons. The summed E-state index contributed by atoms with van der Waals surface area (Å²) in [7, 11) is 0. The van der Waals surface area contributed by atoms with Gasteiger partial charge in [0.1, 0.15) is 22.9 Å². The molecule has 0 saturated carbocycles. The van der Waals surface area contributed by atoms with E-state index in [0.717, 1.165) is 33.5 Å². The standard InChI is InChI=1S/C24H21N7O2/c1-15-2-4-16(5-3-15)10-25-24(32)19-11-30(12-19)23-22-9-18(13-31(22)27-14-26-23)17-6-7-20-21(8-17)29-33-28-20/h2-9,13-14,19H,10-12H2,1H3,(H,25,32). The van der Waals surface area contributed by atoms with Crippen molar-refractivity contribution in [2.45, 2.75) is 13.5 Å². The fraction of sp³-hybridized carbons (Fsp3) is 0.208. The number of fused-ring (bicyclic) bond motifs is 2. The van der Waals surface area contributed by atoms with E-state index in [4.69, 9.17) is 4.63 Å². The zero-order chi connectivity index (χ0) is 22.4. The van der Waals surface area contributed by atoms with Gasteiger partial charge in [0.05, 0.1) is 5.92 Å². The average Bonchev–Trinajstić information content (AvgIpc) is 3.44. The van der Waals surface area contributed by atoms with E-state index in [1.54, 1.807) is 6.33 Å². The Hall–Kier alpha value is -4.27. The predicted molar refractivity (Wildman–Crippen MR) is 123 cm³/mol. The Kier molecular flexibility index (Phi) is 4.53. The molecular weight excluding hydrogens is 418 g/mol. The Morgan fingerprint density at radius 3 is 2.73 bits per heavy atom. The maximum atomic E-state index is 12.6. The van der Waals surface area contributed by atoms with Crippen LogP contribution in [0.5, 0.6) is 0 Å². The number of nitrogens with one attached hydrogen (secondary N) is 1. The third-order valence-corrected chi connectivity index (χ3v) is 6.11. The van der Waals surface area contributed by atoms with Crippen LogP contribution in [0.2, 0.25) is 0 Å². The van der Waals surface area contributed by atoms with Crippen LogP contribution in [-0.2, 0) is 11.3 Å². The normalized spacial score (nSPS) is 14.0. The highest BCUT2D eigenvalue weighted by atomic mass is 16.6. The molecule has 1 amide bonds. The van der Waals surface area contributed by atoms with Gasteiger partial charge in [0, 0.05) is 31.4 Å². The van der Waals surface area contributed by atoms with Crippen LogP contribution in [0.4, 0.5) is 5.82 Å². The van der Waals surface area contributed by atoms with Gasteiger partial charge in [-0.1, -0.05) is 35.9 Å². The van der Waals surface area contributed by atoms with Gasteiger partial charge in [0.2, 0.25) is 5.91 Å². The van der Waals surface area contributed by atoms with Crippen LogP contribution in [-0.4, -0.2) is 43.9 Å². The first-order valence-electron chi connectivity index (χ1n) is 10.8. The van der Waals surface area contributed by atoms with Crippen molar-refractivity contribution in [2.24, 2.45) is 5.92 Å². The number of nitrogens with zero attached hydrogens (tertiary/aromatic N) is 6. The molecule has 0 bridgehead atoms. The van der Waals surface area contributed by atoms with Gasteiger partial charge in [-0.05, 0) is 46.6 Å². The Balaban J connectivity index is 1.16. The molecule has 5 aromatic rings. The highest BCUT2D eigenvalue weighted by Crippen LogP contribution is 2.31. The zero-order valence-electron chi connectivity index (χ0n) is 18.0. The van der Waals surface area contributed by atoms with Crippen LogP contribution >= 0.6 is 0 Å². The molecule has 0 aliphatic carbocycles. The van der Waals surface area contributed by atoms with Crippen molar-refractivity contribution in [1.29, 1.82) is 0 Å². The van der Waals surface area contributed by atoms with Crippen molar-refractivity contribution in [3.63, 3.8) is 0 Å². The number of hydrogen-bond acceptors (Lipinski definition) is 7. The monoisotopic (exact) mass is 439 g/mol. The van der Waals surface area contributed by atoms with E-state index in [-0.39, 0.29) is 11.8 Å². The molecule has 4 heterocycles. The minimum absolute atomic E-state index is 0.0537. The van der Waals surface area contributed by atoms with Crippen molar-refractivity contribution in [1.82, 2.24) is 30.2 Å². The summed E-state index contributed by atoms with van der Waals surface area (Å²) in [6.45, 7) is 3.85. The summed E-state index contributed by atoms with van der Waals surface area (Å²) in [6.07, 6.45) is 3.50. The molecule has 1 aliphatic heterocycles. The maximum Gasteiger partial charge on any atom is 0.226 e. The first kappa shape index (κ1) is 19.4. The van der Waals surface area contributed by atoms with E-state index in [1.165, 1.54) is 5.56 Å². The SMILES string of the molecule is Cc1ccc(CNC(=O)C2CN(c3ncnn4cc(-c5ccc6nonc6c5)cc34)C2)cc1. The summed E-state index contributed by atoms with van der Waals surface area (Å²) < 4.78 is 6.61. The molecule has 9 nitrogen and oxygen atoms in total. The number of aryl methyl sites for hydroxylation is 1. The Morgan fingerprint density at radius 2 is 1.88 bits per heavy atom. The summed E-state index contributed by atoms with van der Waals surface area (Å²) in [5.74, 6) is 0.840. The van der Waals surface area contributed by atoms with Crippen molar-refractivity contribution < 1.29 is 9.42 Å². The second-order valence-corrected chi connectivity index (χ2v) is 8.42. The number of carbonyl (C=O) groups is 1. The van der Waals surface area contributed by atoms with E-state index in [1.807, 2.05) is 41.0 Å². The number of carbonyl (C=O) groups excluding carboxylic acids is 1. The largest absolute Gasteiger partial charge is 0.353 e. The molecule has 1 N–H and O–H groups in total. The van der Waals surface area contributed by atoms with Crippen LogP contribution < -0.4 is 10.2 Å². The van der Waals surface area contributed by atoms with Crippen molar-refractivity contribution in [2.75, 3.05) is 18.0 Å². The van der Waals surface area contributed by atoms with Gasteiger partial charge in [-0.3, -0.25) is 4.79 Å². The number of hydrogen-bond donors (Lipinski definition) is 1. The maximum absolute atomic E-state index is 12.6. The minimum atomic E-state index is -0.0537. The molecule has 1 saturated heterocycles. The molecule has 33 heavy (non-hydrogen) atoms. The van der Waals surface area contributed by atoms with Gasteiger partial charge >= 0.3 is 0 Å². The molecule has 0 atom stereocenters. The second-order valence-electron chi connectivity index (χ2n) is 8.42. The van der Waals surface area contributed by atoms with E-state index in [0.29, 0.717) is 25.2 Å². The molecule has 0 radical (unpaired) electrons. The number of anilines is 1. The summed E-state index contributed by atoms with van der Waals surface area (Å²) in [5.41, 5.74) is 6.61. The van der Waals surface area contributed by atoms with Gasteiger partial charge in [-0.2, -0.15) is 5.10 Å². The molecule has 1 fully saturated rings. The first-order valence-corrected chi connectivity index (χ1v) is 10.8. The smallest absolute Gasteiger partial charge is 0.226 e. The van der Waals surface area contributed by atoms with E-state index < -0.39 is 0 Å². The van der Waals surface area contributed by atoms with Gasteiger partial charge in [-0.25, -0.2) is 14.1 Å². The van der Waals surface area contributed by atoms with E-state index in [2.05, 4.69) is 55.7 Å². The highest BCUT2D eigenvalue weighted by molar-refractivity contribution is 5.86. The van der Waals surface area contributed by atoms with Crippen LogP contribution in [0.3, 0.4) is 0 Å². The topological polar surface area (TPSA) is 101 Å². The number of rotatable bonds is 5. The molecule has 0 unspecified atom stereocenters. The summed E-state index contributed by atoms with van der Waals surface area (Å²) in [6, 6.07) is 16.0. The van der Waals surface area contributed by atoms with Gasteiger partial charge in [0.15, 0.2) is 5.82 Å². The van der Waals surface area contributed by atoms with Crippen LogP contribution in [0.1, 0.15) is 11.1 Å². The van der Waals surface area contributed by atoms with Crippen LogP contribution in [0.25, 0.3) is 27.7 Å². The minimum Gasteiger partial charge on any atom is -0.353 e. The Labute approximate surface area is 189 Å². The molecule has 9 heteroatoms. The second kappa shape index (κ2) is 7.70. The Morgan fingerprint density at radius 1 is 1.06 bits per heavy atom. The third kappa shape index (κ3) is 3.57. The van der Waals surface area contributed by atoms with Crippen LogP contribution in [0, 0.1) is 12.8 Å². The fourth-order valence-corrected chi connectivity index (χ4v) is 4.14. The number of aromatic nitrogens is 5. The molecule has 0 spiro atoms. The quantitative estimate of drug-likeness (QED) is 0.449. The fourth-order valence-electron chi connectivity index (χ4n) is 4.14. The molecule has 2 aromatic carbocycles. The van der Waals surface area contributed by atoms with Crippen LogP contribution in [0.15, 0.2) is 65.7 Å². The van der Waals surface area contributed by atoms with Crippen molar-refractivity contribution in [3.05, 3.63) is 72.2 Å². The summed E-state index contributed by atoms with van der Waals surface area (Å²) >= 11 is 0. The van der Waals surface area contributed by atoms with E-state index >= 15 is 0 Å². The average molecular weight is 439 g/mol. The highest BCUT2D eigenvalue weighted by Gasteiger charge is 2.34. The lowest BCUT2D eigenvalue weighted by atomic mass is 9.99. The van der Waals surface area contributed by atoms with Gasteiger partial charge < -0.3 is 10.2 Å². The van der Waals surface area contributed by atoms with Crippen molar-refractivity contribution in [3.8, 4) is 11.1 Å². The number of amides is 1. The zero-order valence-corrected chi connectivity index (χ0v) is 18.0. The number of benzene rings is 2. The summed E-state index contributed by atoms with van der Waals surface area (Å²) in [4.78, 5) is 19.2. The predicted octanol–water partition coefficient (Wildman–Crippen LogP) is 2.99. The van der Waals surface area contributed by atoms with E-state index in [9.17, 15) is 4.79 Å². The van der Waals surface area contributed by atoms with Gasteiger partial charge in [0.25, 0.3) is 0 Å². The first-order chi connectivity index (χ1) is 16.1. The lowest BCUT2D eigenvalue weighted by Crippen LogP contribution is -2.54. The molecule has 3 aromatic heterocycles. The Bertz CT molecular complexity index is 1470. The lowest BCUT2D eigenvalue weighted by molar-refractivity contribution is -0.125. The molecule has 1 aliphatic rings. The van der Waals surface area contributed by atoms with Gasteiger partial charge in [-0.15, -0.1) is 0 Å².